The largest absolute Gasteiger partial charge is 0.492 e. The van der Waals surface area contributed by atoms with Gasteiger partial charge < -0.3 is 15.0 Å². The fraction of sp³-hybridized carbons (Fsp3) is 0.375. The molecule has 0 aliphatic rings. The first-order valence-corrected chi connectivity index (χ1v) is 16.8. The third kappa shape index (κ3) is 8.29. The summed E-state index contributed by atoms with van der Waals surface area (Å²) >= 11 is 1.50. The van der Waals surface area contributed by atoms with Gasteiger partial charge in [-0.15, -0.1) is 11.8 Å². The van der Waals surface area contributed by atoms with Crippen LogP contribution in [0.15, 0.2) is 82.6 Å². The molecule has 3 aromatic rings. The Bertz CT molecular complexity index is 1440. The molecule has 0 radical (unpaired) electrons. The summed E-state index contributed by atoms with van der Waals surface area (Å²) in [4.78, 5) is 29.7. The zero-order valence-electron chi connectivity index (χ0n) is 25.0. The summed E-state index contributed by atoms with van der Waals surface area (Å²) in [6.45, 7) is 7.91. The molecular weight excluding hydrogens is 571 g/mol. The molecule has 1 N–H and O–H groups in total. The second kappa shape index (κ2) is 15.7. The van der Waals surface area contributed by atoms with Gasteiger partial charge in [0.15, 0.2) is 0 Å². The van der Waals surface area contributed by atoms with Gasteiger partial charge in [0.2, 0.25) is 11.8 Å². The molecule has 226 valence electrons. The molecule has 0 spiro atoms. The van der Waals surface area contributed by atoms with Crippen molar-refractivity contribution in [3.63, 3.8) is 0 Å². The van der Waals surface area contributed by atoms with Gasteiger partial charge in [0.1, 0.15) is 18.3 Å². The number of para-hydroxylation sites is 2. The maximum absolute atomic E-state index is 14.2. The highest BCUT2D eigenvalue weighted by atomic mass is 32.2. The Kier molecular flexibility index (Phi) is 12.3. The fourth-order valence-corrected chi connectivity index (χ4v) is 6.25. The van der Waals surface area contributed by atoms with Crippen LogP contribution < -0.4 is 14.4 Å². The number of ether oxygens (including phenoxy) is 1. The molecule has 0 saturated heterocycles. The topological polar surface area (TPSA) is 96.0 Å². The Morgan fingerprint density at radius 1 is 0.976 bits per heavy atom. The number of nitrogens with zero attached hydrogens (tertiary/aromatic N) is 2. The van der Waals surface area contributed by atoms with E-state index in [9.17, 15) is 18.0 Å². The predicted octanol–water partition coefficient (Wildman–Crippen LogP) is 5.64. The lowest BCUT2D eigenvalue weighted by atomic mass is 10.1. The minimum Gasteiger partial charge on any atom is -0.492 e. The minimum atomic E-state index is -4.20. The molecule has 42 heavy (non-hydrogen) atoms. The maximum Gasteiger partial charge on any atom is 0.264 e. The molecular formula is C32H41N3O5S2. The van der Waals surface area contributed by atoms with Crippen molar-refractivity contribution in [1.82, 2.24) is 10.2 Å². The van der Waals surface area contributed by atoms with Gasteiger partial charge in [0, 0.05) is 18.0 Å². The molecule has 1 atom stereocenters. The Morgan fingerprint density at radius 3 is 2.29 bits per heavy atom. The number of amides is 2. The van der Waals surface area contributed by atoms with Crippen LogP contribution in [0.25, 0.3) is 0 Å². The van der Waals surface area contributed by atoms with Gasteiger partial charge in [0.05, 0.1) is 17.2 Å². The Morgan fingerprint density at radius 2 is 1.64 bits per heavy atom. The number of benzene rings is 3. The van der Waals surface area contributed by atoms with Crippen LogP contribution in [-0.4, -0.2) is 57.1 Å². The van der Waals surface area contributed by atoms with Gasteiger partial charge in [0.25, 0.3) is 10.0 Å². The molecule has 0 aromatic heterocycles. The van der Waals surface area contributed by atoms with Crippen LogP contribution in [0.1, 0.15) is 44.7 Å². The van der Waals surface area contributed by atoms with Gasteiger partial charge >= 0.3 is 0 Å². The number of carbonyl (C=O) groups excluding carboxylic acids is 2. The fourth-order valence-electron chi connectivity index (χ4n) is 4.42. The second-order valence-electron chi connectivity index (χ2n) is 9.86. The van der Waals surface area contributed by atoms with Gasteiger partial charge in [-0.2, -0.15) is 0 Å². The van der Waals surface area contributed by atoms with E-state index in [1.807, 2.05) is 51.3 Å². The molecule has 2 amide bonds. The highest BCUT2D eigenvalue weighted by Gasteiger charge is 2.34. The van der Waals surface area contributed by atoms with E-state index < -0.39 is 28.5 Å². The van der Waals surface area contributed by atoms with Crippen molar-refractivity contribution in [3.05, 3.63) is 83.9 Å². The summed E-state index contributed by atoms with van der Waals surface area (Å²) in [5, 5.41) is 2.91. The normalized spacial score (nSPS) is 11.9. The lowest BCUT2D eigenvalue weighted by Gasteiger charge is -2.32. The van der Waals surface area contributed by atoms with E-state index in [4.69, 9.17) is 4.74 Å². The number of unbranched alkanes of at least 4 members (excludes halogenated alkanes) is 1. The van der Waals surface area contributed by atoms with Crippen molar-refractivity contribution in [2.45, 2.75) is 62.9 Å². The SMILES string of the molecule is CCCCNC(=O)[C@@H](C)N(Cc1ccccc1C)C(=O)CN(c1ccccc1OCC)S(=O)(=O)c1ccc(SC)cc1. The quantitative estimate of drug-likeness (QED) is 0.176. The van der Waals surface area contributed by atoms with E-state index >= 15 is 0 Å². The summed E-state index contributed by atoms with van der Waals surface area (Å²) in [6.07, 6.45) is 3.65. The molecule has 0 fully saturated rings. The van der Waals surface area contributed by atoms with E-state index in [1.165, 1.54) is 28.8 Å². The molecule has 0 bridgehead atoms. The van der Waals surface area contributed by atoms with Crippen LogP contribution in [0.5, 0.6) is 5.75 Å². The summed E-state index contributed by atoms with van der Waals surface area (Å²) < 4.78 is 35.2. The molecule has 10 heteroatoms. The first kappa shape index (κ1) is 33.0. The Balaban J connectivity index is 2.07. The van der Waals surface area contributed by atoms with Crippen LogP contribution in [0, 0.1) is 6.92 Å². The Hall–Kier alpha value is -3.50. The minimum absolute atomic E-state index is 0.0511. The lowest BCUT2D eigenvalue weighted by Crippen LogP contribution is -2.51. The number of hydrogen-bond acceptors (Lipinski definition) is 6. The van der Waals surface area contributed by atoms with E-state index in [-0.39, 0.29) is 23.0 Å². The molecule has 8 nitrogen and oxygen atoms in total. The predicted molar refractivity (Wildman–Crippen MR) is 169 cm³/mol. The second-order valence-corrected chi connectivity index (χ2v) is 12.6. The zero-order chi connectivity index (χ0) is 30.7. The summed E-state index contributed by atoms with van der Waals surface area (Å²) in [5.41, 5.74) is 2.09. The molecule has 0 aliphatic heterocycles. The average molecular weight is 612 g/mol. The molecule has 0 heterocycles. The lowest BCUT2D eigenvalue weighted by molar-refractivity contribution is -0.139. The zero-order valence-corrected chi connectivity index (χ0v) is 26.6. The number of hydrogen-bond donors (Lipinski definition) is 1. The van der Waals surface area contributed by atoms with Gasteiger partial charge in [-0.25, -0.2) is 8.42 Å². The number of rotatable bonds is 15. The smallest absolute Gasteiger partial charge is 0.264 e. The van der Waals surface area contributed by atoms with Crippen LogP contribution >= 0.6 is 11.8 Å². The highest BCUT2D eigenvalue weighted by Crippen LogP contribution is 2.33. The first-order chi connectivity index (χ1) is 20.1. The molecule has 0 aliphatic carbocycles. The van der Waals surface area contributed by atoms with E-state index in [1.54, 1.807) is 43.3 Å². The van der Waals surface area contributed by atoms with Crippen LogP contribution in [0.2, 0.25) is 0 Å². The molecule has 3 rings (SSSR count). The monoisotopic (exact) mass is 611 g/mol. The maximum atomic E-state index is 14.2. The van der Waals surface area contributed by atoms with Gasteiger partial charge in [-0.3, -0.25) is 13.9 Å². The molecule has 0 unspecified atom stereocenters. The molecule has 3 aromatic carbocycles. The van der Waals surface area contributed by atoms with Gasteiger partial charge in [-0.1, -0.05) is 49.7 Å². The van der Waals surface area contributed by atoms with Crippen LogP contribution in [0.3, 0.4) is 0 Å². The van der Waals surface area contributed by atoms with E-state index in [0.29, 0.717) is 18.9 Å². The summed E-state index contributed by atoms with van der Waals surface area (Å²) in [7, 11) is -4.20. The standard InChI is InChI=1S/C32H41N3O5S2/c1-6-8-21-33-32(37)25(4)34(22-26-14-10-9-13-24(26)3)31(36)23-35(29-15-11-12-16-30(29)40-7-2)42(38,39)28-19-17-27(41-5)18-20-28/h9-20,25H,6-8,21-23H2,1-5H3,(H,33,37)/t25-/m1/s1. The number of nitrogens with one attached hydrogen (secondary N) is 1. The highest BCUT2D eigenvalue weighted by molar-refractivity contribution is 7.98. The molecule has 0 saturated carbocycles. The number of aryl methyl sites for hydroxylation is 1. The first-order valence-electron chi connectivity index (χ1n) is 14.1. The summed E-state index contributed by atoms with van der Waals surface area (Å²) in [6, 6.07) is 20.1. The van der Waals surface area contributed by atoms with Crippen molar-refractivity contribution in [2.75, 3.05) is 30.3 Å². The van der Waals surface area contributed by atoms with E-state index in [2.05, 4.69) is 5.32 Å². The van der Waals surface area contributed by atoms with Crippen molar-refractivity contribution in [2.24, 2.45) is 0 Å². The number of thioether (sulfide) groups is 1. The third-order valence-electron chi connectivity index (χ3n) is 6.96. The van der Waals surface area contributed by atoms with Crippen molar-refractivity contribution in [3.8, 4) is 5.75 Å². The third-order valence-corrected chi connectivity index (χ3v) is 9.48. The number of carbonyl (C=O) groups is 2. The van der Waals surface area contributed by atoms with E-state index in [0.717, 1.165) is 33.2 Å². The Labute approximate surface area is 254 Å². The summed E-state index contributed by atoms with van der Waals surface area (Å²) in [5.74, 6) is -0.456. The van der Waals surface area contributed by atoms with Crippen molar-refractivity contribution < 1.29 is 22.7 Å². The number of anilines is 1. The van der Waals surface area contributed by atoms with Crippen molar-refractivity contribution in [1.29, 1.82) is 0 Å². The van der Waals surface area contributed by atoms with Crippen molar-refractivity contribution >= 4 is 39.3 Å². The van der Waals surface area contributed by atoms with Gasteiger partial charge in [-0.05, 0) is 81.0 Å². The van der Waals surface area contributed by atoms with Crippen LogP contribution in [0.4, 0.5) is 5.69 Å². The van der Waals surface area contributed by atoms with Crippen LogP contribution in [-0.2, 0) is 26.2 Å². The average Bonchev–Trinajstić information content (AvgIpc) is 2.99. The number of sulfonamides is 1.